The van der Waals surface area contributed by atoms with Crippen LogP contribution in [0.1, 0.15) is 84.5 Å². The van der Waals surface area contributed by atoms with Gasteiger partial charge < -0.3 is 19.8 Å². The number of hydrogen-bond acceptors (Lipinski definition) is 6. The molecule has 0 aromatic rings. The average molecular weight is 457 g/mol. The fourth-order valence-corrected chi connectivity index (χ4v) is 4.49. The molecule has 0 rings (SSSR count). The third-order valence-electron chi connectivity index (χ3n) is 4.69. The van der Waals surface area contributed by atoms with E-state index in [4.69, 9.17) is 0 Å². The van der Waals surface area contributed by atoms with Gasteiger partial charge in [-0.1, -0.05) is 65.2 Å². The van der Waals surface area contributed by atoms with E-state index in [9.17, 15) is 32.8 Å². The van der Waals surface area contributed by atoms with Crippen molar-refractivity contribution in [2.24, 2.45) is 5.92 Å². The predicted octanol–water partition coefficient (Wildman–Crippen LogP) is -4.93. The van der Waals surface area contributed by atoms with E-state index in [2.05, 4.69) is 0 Å². The van der Waals surface area contributed by atoms with E-state index in [-0.39, 0.29) is 122 Å². The quantitative estimate of drug-likeness (QED) is 0.148. The molecule has 0 amide bonds. The van der Waals surface area contributed by atoms with Crippen LogP contribution in [0.4, 0.5) is 0 Å². The summed E-state index contributed by atoms with van der Waals surface area (Å²) in [7, 11) is -5.05. The summed E-state index contributed by atoms with van der Waals surface area (Å²) in [6.07, 6.45) is 4.46. The molecule has 0 aromatic carbocycles. The molecule has 1 N–H and O–H groups in total. The summed E-state index contributed by atoms with van der Waals surface area (Å²) in [4.78, 5) is 22.9. The molecule has 0 saturated carbocycles. The van der Waals surface area contributed by atoms with Crippen molar-refractivity contribution in [3.8, 4) is 0 Å². The van der Waals surface area contributed by atoms with Crippen LogP contribution in [0.15, 0.2) is 0 Å². The molecule has 27 heavy (non-hydrogen) atoms. The molecule has 0 aliphatic rings. The number of rotatable bonds is 15. The van der Waals surface area contributed by atoms with Crippen LogP contribution in [0.25, 0.3) is 0 Å². The molecule has 2 unspecified atom stereocenters. The van der Waals surface area contributed by atoms with Crippen molar-refractivity contribution in [2.45, 2.75) is 89.2 Å². The first kappa shape index (κ1) is 33.8. The van der Waals surface area contributed by atoms with Crippen LogP contribution in [-0.4, -0.2) is 29.7 Å². The summed E-state index contributed by atoms with van der Waals surface area (Å²) in [5.74, 6) is -4.76. The average Bonchev–Trinajstić information content (AvgIpc) is 2.48. The zero-order valence-corrected chi connectivity index (χ0v) is 24.2. The number of carbonyl (C=O) groups is 2. The van der Waals surface area contributed by atoms with E-state index in [1.54, 1.807) is 0 Å². The molecule has 0 fully saturated rings. The summed E-state index contributed by atoms with van der Waals surface area (Å²) in [5.41, 5.74) is 0. The molecule has 0 saturated heterocycles. The number of carboxylic acid groups (broad SMARTS) is 2. The Morgan fingerprint density at radius 3 is 1.78 bits per heavy atom. The smallest absolute Gasteiger partial charge is 0.550 e. The molecule has 0 bridgehead atoms. The number of hydrogen-bond donors (Lipinski definition) is 1. The second-order valence-electron chi connectivity index (χ2n) is 6.59. The molecule has 0 aliphatic carbocycles. The molecule has 0 heterocycles. The minimum Gasteiger partial charge on any atom is -0.550 e. The molecule has 0 aromatic heterocycles. The standard InChI is InChI=1S/C17H32O7S.2K/c1-3-5-7-9-11-14(13-15(18)19)17(16(20)21,25(22,23)24)12-10-8-6-4-2;;/h14H,3-13H2,1-2H3,(H,18,19)(H,20,21)(H,22,23,24);;/q;2*+1/p-2. The Morgan fingerprint density at radius 1 is 0.926 bits per heavy atom. The van der Waals surface area contributed by atoms with Gasteiger partial charge in [0.2, 0.25) is 0 Å². The zero-order valence-electron chi connectivity index (χ0n) is 17.2. The fraction of sp³-hybridized carbons (Fsp3) is 0.882. The zero-order chi connectivity index (χ0) is 19.5. The Hall–Kier alpha value is 2.12. The van der Waals surface area contributed by atoms with Crippen LogP contribution >= 0.6 is 0 Å². The van der Waals surface area contributed by atoms with E-state index in [0.717, 1.165) is 32.1 Å². The monoisotopic (exact) mass is 456 g/mol. The largest absolute Gasteiger partial charge is 1.00 e. The Morgan fingerprint density at radius 2 is 1.41 bits per heavy atom. The molecule has 148 valence electrons. The summed E-state index contributed by atoms with van der Waals surface area (Å²) >= 11 is 0. The van der Waals surface area contributed by atoms with Crippen LogP contribution in [0, 0.1) is 5.92 Å². The van der Waals surface area contributed by atoms with Crippen molar-refractivity contribution in [1.82, 2.24) is 0 Å². The number of carbonyl (C=O) groups excluding carboxylic acids is 2. The SMILES string of the molecule is CCCCCCC(CC(=O)[O-])C(CCCCCC)(C(=O)[O-])S(=O)(=O)O.[K+].[K+]. The van der Waals surface area contributed by atoms with Gasteiger partial charge >= 0.3 is 103 Å². The Bertz CT molecular complexity index is 525. The minimum atomic E-state index is -5.05. The number of aliphatic carboxylic acids is 2. The molecular formula is C17H30K2O7S. The first-order valence-corrected chi connectivity index (χ1v) is 10.5. The maximum Gasteiger partial charge on any atom is 1.00 e. The summed E-state index contributed by atoms with van der Waals surface area (Å²) < 4.78 is 31.1. The Labute approximate surface area is 248 Å². The minimum absolute atomic E-state index is 0. The molecule has 2 atom stereocenters. The summed E-state index contributed by atoms with van der Waals surface area (Å²) in [5, 5.41) is 22.9. The molecule has 10 heteroatoms. The van der Waals surface area contributed by atoms with Gasteiger partial charge in [0.05, 0.1) is 5.97 Å². The Kier molecular flexibility index (Phi) is 22.2. The van der Waals surface area contributed by atoms with Crippen molar-refractivity contribution >= 4 is 22.1 Å². The molecular weight excluding hydrogens is 426 g/mol. The van der Waals surface area contributed by atoms with Gasteiger partial charge in [0.15, 0.2) is 0 Å². The van der Waals surface area contributed by atoms with Gasteiger partial charge in [0, 0.05) is 5.97 Å². The summed E-state index contributed by atoms with van der Waals surface area (Å²) in [6.45, 7) is 3.93. The van der Waals surface area contributed by atoms with Gasteiger partial charge in [-0.2, -0.15) is 8.42 Å². The normalized spacial score (nSPS) is 14.3. The first-order chi connectivity index (χ1) is 11.6. The second-order valence-corrected chi connectivity index (χ2v) is 8.26. The fourth-order valence-electron chi connectivity index (χ4n) is 3.25. The van der Waals surface area contributed by atoms with Crippen LogP contribution in [0.2, 0.25) is 0 Å². The van der Waals surface area contributed by atoms with Crippen molar-refractivity contribution in [3.63, 3.8) is 0 Å². The first-order valence-electron chi connectivity index (χ1n) is 9.01. The molecule has 0 aliphatic heterocycles. The van der Waals surface area contributed by atoms with Gasteiger partial charge in [0.1, 0.15) is 4.75 Å². The van der Waals surface area contributed by atoms with Crippen LogP contribution < -0.4 is 113 Å². The molecule has 7 nitrogen and oxygen atoms in total. The van der Waals surface area contributed by atoms with Gasteiger partial charge in [-0.15, -0.1) is 0 Å². The topological polar surface area (TPSA) is 135 Å². The maximum atomic E-state index is 12.0. The summed E-state index contributed by atoms with van der Waals surface area (Å²) in [6, 6.07) is 0. The maximum absolute atomic E-state index is 12.0. The number of unbranched alkanes of at least 4 members (excludes halogenated alkanes) is 6. The van der Waals surface area contributed by atoms with Crippen LogP contribution in [0.3, 0.4) is 0 Å². The second kappa shape index (κ2) is 17.8. The van der Waals surface area contributed by atoms with Gasteiger partial charge in [-0.3, -0.25) is 4.55 Å². The van der Waals surface area contributed by atoms with Crippen molar-refractivity contribution < 1.29 is 136 Å². The van der Waals surface area contributed by atoms with E-state index in [1.807, 2.05) is 13.8 Å². The molecule has 0 spiro atoms. The van der Waals surface area contributed by atoms with Crippen LogP contribution in [0.5, 0.6) is 0 Å². The van der Waals surface area contributed by atoms with E-state index in [1.165, 1.54) is 0 Å². The molecule has 0 radical (unpaired) electrons. The Balaban J connectivity index is -0.00000288. The van der Waals surface area contributed by atoms with E-state index < -0.39 is 39.1 Å². The van der Waals surface area contributed by atoms with E-state index >= 15 is 0 Å². The van der Waals surface area contributed by atoms with Gasteiger partial charge in [0.25, 0.3) is 10.1 Å². The van der Waals surface area contributed by atoms with Crippen molar-refractivity contribution in [2.75, 3.05) is 0 Å². The van der Waals surface area contributed by atoms with Crippen LogP contribution in [-0.2, 0) is 19.7 Å². The van der Waals surface area contributed by atoms with E-state index in [0.29, 0.717) is 12.8 Å². The predicted molar refractivity (Wildman–Crippen MR) is 89.9 cm³/mol. The van der Waals surface area contributed by atoms with Crippen molar-refractivity contribution in [3.05, 3.63) is 0 Å². The third kappa shape index (κ3) is 11.9. The number of carboxylic acids is 2. The third-order valence-corrected chi connectivity index (χ3v) is 6.31. The van der Waals surface area contributed by atoms with Crippen molar-refractivity contribution in [1.29, 1.82) is 0 Å². The van der Waals surface area contributed by atoms with Gasteiger partial charge in [-0.25, -0.2) is 0 Å². The van der Waals surface area contributed by atoms with Gasteiger partial charge in [-0.05, 0) is 25.2 Å².